The van der Waals surface area contributed by atoms with Gasteiger partial charge in [-0.15, -0.1) is 12.8 Å². The van der Waals surface area contributed by atoms with Crippen LogP contribution in [0.15, 0.2) is 48.5 Å². The molecule has 3 rings (SSSR count). The first-order valence-electron chi connectivity index (χ1n) is 10.3. The number of ether oxygens (including phenoxy) is 4. The van der Waals surface area contributed by atoms with Gasteiger partial charge in [-0.2, -0.15) is 0 Å². The molecule has 0 aliphatic heterocycles. The molecule has 0 atom stereocenters. The smallest absolute Gasteiger partial charge is 0.421 e. The van der Waals surface area contributed by atoms with Gasteiger partial charge in [0.15, 0.2) is 13.2 Å². The summed E-state index contributed by atoms with van der Waals surface area (Å²) in [6.07, 6.45) is 13.9. The van der Waals surface area contributed by atoms with Gasteiger partial charge in [0.2, 0.25) is 0 Å². The van der Waals surface area contributed by atoms with Crippen molar-refractivity contribution in [3.63, 3.8) is 0 Å². The van der Waals surface area contributed by atoms with E-state index in [1.165, 1.54) is 6.42 Å². The van der Waals surface area contributed by atoms with Crippen molar-refractivity contribution in [2.45, 2.75) is 37.5 Å². The van der Waals surface area contributed by atoms with Crippen molar-refractivity contribution < 1.29 is 28.5 Å². The normalized spacial score (nSPS) is 14.3. The van der Waals surface area contributed by atoms with Gasteiger partial charge in [-0.25, -0.2) is 9.59 Å². The van der Waals surface area contributed by atoms with Crippen molar-refractivity contribution in [3.8, 4) is 36.2 Å². The van der Waals surface area contributed by atoms with Gasteiger partial charge in [0.25, 0.3) is 0 Å². The maximum Gasteiger partial charge on any atom is 0.514 e. The molecule has 2 aromatic carbocycles. The molecular weight excluding hydrogens is 408 g/mol. The second kappa shape index (κ2) is 10.9. The minimum Gasteiger partial charge on any atom is -0.421 e. The topological polar surface area (TPSA) is 71.1 Å². The molecule has 1 saturated carbocycles. The molecule has 0 heterocycles. The summed E-state index contributed by atoms with van der Waals surface area (Å²) in [5.41, 5.74) is 2.08. The first kappa shape index (κ1) is 22.8. The van der Waals surface area contributed by atoms with Crippen molar-refractivity contribution in [2.75, 3.05) is 13.2 Å². The van der Waals surface area contributed by atoms with Gasteiger partial charge in [-0.05, 0) is 48.2 Å². The van der Waals surface area contributed by atoms with Crippen molar-refractivity contribution in [3.05, 3.63) is 59.7 Å². The first-order chi connectivity index (χ1) is 15.6. The molecule has 0 bridgehead atoms. The van der Waals surface area contributed by atoms with Crippen molar-refractivity contribution in [1.82, 2.24) is 0 Å². The lowest BCUT2D eigenvalue weighted by atomic mass is 9.65. The third kappa shape index (κ3) is 5.62. The van der Waals surface area contributed by atoms with E-state index in [0.29, 0.717) is 11.5 Å². The molecule has 0 amide bonds. The summed E-state index contributed by atoms with van der Waals surface area (Å²) < 4.78 is 19.8. The molecule has 1 fully saturated rings. The molecule has 32 heavy (non-hydrogen) atoms. The van der Waals surface area contributed by atoms with Crippen LogP contribution < -0.4 is 9.47 Å². The molecule has 1 aliphatic rings. The van der Waals surface area contributed by atoms with E-state index in [-0.39, 0.29) is 18.6 Å². The fraction of sp³-hybridized carbons (Fsp3) is 0.308. The van der Waals surface area contributed by atoms with Crippen molar-refractivity contribution >= 4 is 12.3 Å². The Morgan fingerprint density at radius 1 is 0.719 bits per heavy atom. The van der Waals surface area contributed by atoms with Gasteiger partial charge in [0.05, 0.1) is 0 Å². The molecule has 0 spiro atoms. The SMILES string of the molecule is C#CCOC(=O)Oc1ccc(C2(c3ccc(OC(=O)OCC#C)cc3)CCCCC2)cc1. The lowest BCUT2D eigenvalue weighted by Gasteiger charge is -2.38. The van der Waals surface area contributed by atoms with Crippen LogP contribution in [0.3, 0.4) is 0 Å². The largest absolute Gasteiger partial charge is 0.514 e. The summed E-state index contributed by atoms with van der Waals surface area (Å²) in [7, 11) is 0. The van der Waals surface area contributed by atoms with E-state index in [4.69, 9.17) is 31.8 Å². The second-order valence-electron chi connectivity index (χ2n) is 7.38. The molecule has 0 N–H and O–H groups in total. The molecule has 164 valence electrons. The van der Waals surface area contributed by atoms with Gasteiger partial charge in [0, 0.05) is 5.41 Å². The van der Waals surface area contributed by atoms with Crippen LogP contribution in [0.1, 0.15) is 43.2 Å². The predicted molar refractivity (Wildman–Crippen MR) is 118 cm³/mol. The Bertz CT molecular complexity index is 925. The summed E-state index contributed by atoms with van der Waals surface area (Å²) in [5.74, 6) is 5.21. The number of carbonyl (C=O) groups is 2. The van der Waals surface area contributed by atoms with Crippen molar-refractivity contribution in [2.24, 2.45) is 0 Å². The number of terminal acetylenes is 2. The van der Waals surface area contributed by atoms with E-state index >= 15 is 0 Å². The number of benzene rings is 2. The van der Waals surface area contributed by atoms with Crippen LogP contribution in [0.25, 0.3) is 0 Å². The Labute approximate surface area is 187 Å². The predicted octanol–water partition coefficient (Wildman–Crippen LogP) is 5.23. The Balaban J connectivity index is 1.78. The summed E-state index contributed by atoms with van der Waals surface area (Å²) in [6, 6.07) is 14.9. The second-order valence-corrected chi connectivity index (χ2v) is 7.38. The van der Waals surface area contributed by atoms with E-state index < -0.39 is 12.3 Å². The third-order valence-electron chi connectivity index (χ3n) is 5.47. The number of carbonyl (C=O) groups excluding carboxylic acids is 2. The Morgan fingerprint density at radius 2 is 1.12 bits per heavy atom. The monoisotopic (exact) mass is 432 g/mol. The molecule has 0 radical (unpaired) electrons. The van der Waals surface area contributed by atoms with Gasteiger partial charge in [-0.1, -0.05) is 55.4 Å². The molecule has 0 aromatic heterocycles. The minimum absolute atomic E-state index is 0.138. The first-order valence-corrected chi connectivity index (χ1v) is 10.3. The fourth-order valence-electron chi connectivity index (χ4n) is 4.04. The lowest BCUT2D eigenvalue weighted by Crippen LogP contribution is -2.30. The Morgan fingerprint density at radius 3 is 1.50 bits per heavy atom. The average molecular weight is 432 g/mol. The Hall–Kier alpha value is -3.90. The van der Waals surface area contributed by atoms with E-state index in [1.807, 2.05) is 24.3 Å². The van der Waals surface area contributed by atoms with Crippen molar-refractivity contribution in [1.29, 1.82) is 0 Å². The number of rotatable bonds is 6. The average Bonchev–Trinajstić information content (AvgIpc) is 2.83. The molecule has 2 aromatic rings. The van der Waals surface area contributed by atoms with E-state index in [0.717, 1.165) is 36.8 Å². The molecule has 1 aliphatic carbocycles. The van der Waals surface area contributed by atoms with Crippen LogP contribution in [0.5, 0.6) is 11.5 Å². The molecule has 0 saturated heterocycles. The summed E-state index contributed by atoms with van der Waals surface area (Å²) in [6.45, 7) is -0.275. The van der Waals surface area contributed by atoms with Gasteiger partial charge in [-0.3, -0.25) is 0 Å². The minimum atomic E-state index is -0.834. The quantitative estimate of drug-likeness (QED) is 0.353. The zero-order valence-corrected chi connectivity index (χ0v) is 17.7. The zero-order chi connectivity index (χ0) is 22.8. The van der Waals surface area contributed by atoms with Gasteiger partial charge >= 0.3 is 12.3 Å². The highest BCUT2D eigenvalue weighted by molar-refractivity contribution is 5.64. The molecule has 6 heteroatoms. The fourth-order valence-corrected chi connectivity index (χ4v) is 4.04. The Kier molecular flexibility index (Phi) is 7.78. The summed E-state index contributed by atoms with van der Waals surface area (Å²) in [5, 5.41) is 0. The van der Waals surface area contributed by atoms with Crippen LogP contribution in [-0.4, -0.2) is 25.5 Å². The zero-order valence-electron chi connectivity index (χ0n) is 17.7. The van der Waals surface area contributed by atoms with E-state index in [9.17, 15) is 9.59 Å². The third-order valence-corrected chi connectivity index (χ3v) is 5.47. The highest BCUT2D eigenvalue weighted by atomic mass is 16.7. The van der Waals surface area contributed by atoms with Crippen LogP contribution in [-0.2, 0) is 14.9 Å². The summed E-state index contributed by atoms with van der Waals surface area (Å²) >= 11 is 0. The lowest BCUT2D eigenvalue weighted by molar-refractivity contribution is 0.110. The van der Waals surface area contributed by atoms with Gasteiger partial charge in [0.1, 0.15) is 11.5 Å². The number of hydrogen-bond acceptors (Lipinski definition) is 6. The molecular formula is C26H24O6. The van der Waals surface area contributed by atoms with Crippen LogP contribution in [0.4, 0.5) is 9.59 Å². The highest BCUT2D eigenvalue weighted by Gasteiger charge is 2.35. The van der Waals surface area contributed by atoms with Crippen LogP contribution in [0, 0.1) is 24.7 Å². The maximum absolute atomic E-state index is 11.6. The standard InChI is InChI=1S/C26H24O6/c1-3-18-29-24(27)31-22-12-8-20(9-13-22)26(16-6-5-7-17-26)21-10-14-23(15-11-21)32-25(28)30-19-4-2/h1-2,8-15H,5-7,16-19H2. The molecule has 0 unspecified atom stereocenters. The maximum atomic E-state index is 11.6. The van der Waals surface area contributed by atoms with E-state index in [1.54, 1.807) is 24.3 Å². The molecule has 6 nitrogen and oxygen atoms in total. The van der Waals surface area contributed by atoms with Crippen LogP contribution in [0.2, 0.25) is 0 Å². The van der Waals surface area contributed by atoms with E-state index in [2.05, 4.69) is 11.8 Å². The van der Waals surface area contributed by atoms with Gasteiger partial charge < -0.3 is 18.9 Å². The highest BCUT2D eigenvalue weighted by Crippen LogP contribution is 2.45. The van der Waals surface area contributed by atoms with Crippen LogP contribution >= 0.6 is 0 Å². The summed E-state index contributed by atoms with van der Waals surface area (Å²) in [4.78, 5) is 23.2. The number of hydrogen-bond donors (Lipinski definition) is 0.